The predicted molar refractivity (Wildman–Crippen MR) is 76.7 cm³/mol. The summed E-state index contributed by atoms with van der Waals surface area (Å²) in [6, 6.07) is 9.17. The topological polar surface area (TPSA) is 22.0 Å². The van der Waals surface area contributed by atoms with Crippen LogP contribution in [-0.4, -0.2) is 4.57 Å². The van der Waals surface area contributed by atoms with E-state index in [0.29, 0.717) is 16.0 Å². The Hall–Kier alpha value is -0.580. The summed E-state index contributed by atoms with van der Waals surface area (Å²) in [6.45, 7) is 0.463. The van der Waals surface area contributed by atoms with Crippen molar-refractivity contribution in [2.45, 2.75) is 6.54 Å². The molecule has 0 atom stereocenters. The lowest BCUT2D eigenvalue weighted by Gasteiger charge is -2.08. The van der Waals surface area contributed by atoms with E-state index in [1.54, 1.807) is 16.8 Å². The average Bonchev–Trinajstić information content (AvgIpc) is 2.28. The van der Waals surface area contributed by atoms with E-state index in [4.69, 9.17) is 11.6 Å². The normalized spacial score (nSPS) is 10.5. The zero-order valence-corrected chi connectivity index (χ0v) is 12.6. The van der Waals surface area contributed by atoms with E-state index >= 15 is 0 Å². The van der Waals surface area contributed by atoms with Crippen LogP contribution in [0.25, 0.3) is 0 Å². The molecule has 0 unspecified atom stereocenters. The lowest BCUT2D eigenvalue weighted by atomic mass is 10.2. The number of hydrogen-bond donors (Lipinski definition) is 0. The Balaban J connectivity index is 2.38. The maximum atomic E-state index is 11.8. The minimum Gasteiger partial charge on any atom is -0.310 e. The van der Waals surface area contributed by atoms with Gasteiger partial charge in [-0.2, -0.15) is 0 Å². The second kappa shape index (κ2) is 5.38. The Morgan fingerprint density at radius 1 is 1.24 bits per heavy atom. The summed E-state index contributed by atoms with van der Waals surface area (Å²) < 4.78 is 3.08. The number of halogens is 3. The van der Waals surface area contributed by atoms with Crippen LogP contribution in [0, 0.1) is 0 Å². The highest BCUT2D eigenvalue weighted by atomic mass is 79.9. The van der Waals surface area contributed by atoms with Gasteiger partial charge in [-0.05, 0) is 45.8 Å². The number of benzene rings is 1. The highest BCUT2D eigenvalue weighted by Crippen LogP contribution is 2.21. The highest BCUT2D eigenvalue weighted by Gasteiger charge is 2.04. The van der Waals surface area contributed by atoms with Gasteiger partial charge in [-0.15, -0.1) is 0 Å². The van der Waals surface area contributed by atoms with Crippen molar-refractivity contribution in [2.75, 3.05) is 0 Å². The van der Waals surface area contributed by atoms with Gasteiger partial charge in [0.2, 0.25) is 0 Å². The molecule has 0 radical (unpaired) electrons. The van der Waals surface area contributed by atoms with E-state index in [1.807, 2.05) is 24.3 Å². The third-order valence-corrected chi connectivity index (χ3v) is 3.78. The SMILES string of the molecule is O=c1c(Br)cccn1Cc1ccc(Br)cc1Cl. The third kappa shape index (κ3) is 3.00. The second-order valence-corrected chi connectivity index (χ2v) is 5.70. The van der Waals surface area contributed by atoms with Gasteiger partial charge in [0.05, 0.1) is 11.0 Å². The van der Waals surface area contributed by atoms with Gasteiger partial charge in [-0.3, -0.25) is 4.79 Å². The number of nitrogens with zero attached hydrogens (tertiary/aromatic N) is 1. The van der Waals surface area contributed by atoms with Crippen LogP contribution in [0.3, 0.4) is 0 Å². The molecule has 1 aromatic heterocycles. The van der Waals surface area contributed by atoms with Crippen molar-refractivity contribution in [3.8, 4) is 0 Å². The van der Waals surface area contributed by atoms with Crippen LogP contribution in [0.2, 0.25) is 5.02 Å². The fourth-order valence-electron chi connectivity index (χ4n) is 1.47. The fourth-order valence-corrected chi connectivity index (χ4v) is 2.58. The number of hydrogen-bond acceptors (Lipinski definition) is 1. The van der Waals surface area contributed by atoms with Gasteiger partial charge in [0.1, 0.15) is 0 Å². The van der Waals surface area contributed by atoms with Gasteiger partial charge in [0, 0.05) is 15.7 Å². The third-order valence-electron chi connectivity index (χ3n) is 2.33. The lowest BCUT2D eigenvalue weighted by molar-refractivity contribution is 0.755. The van der Waals surface area contributed by atoms with Crippen LogP contribution >= 0.6 is 43.5 Å². The molecule has 0 N–H and O–H groups in total. The van der Waals surface area contributed by atoms with Crippen molar-refractivity contribution in [3.05, 3.63) is 66.4 Å². The van der Waals surface area contributed by atoms with Crippen LogP contribution in [-0.2, 0) is 6.54 Å². The van der Waals surface area contributed by atoms with Crippen molar-refractivity contribution in [1.82, 2.24) is 4.57 Å². The summed E-state index contributed by atoms with van der Waals surface area (Å²) in [4.78, 5) is 11.8. The number of rotatable bonds is 2. The zero-order chi connectivity index (χ0) is 12.4. The van der Waals surface area contributed by atoms with E-state index in [1.165, 1.54) is 0 Å². The standard InChI is InChI=1S/C12H8Br2ClNO/c13-9-4-3-8(11(15)6-9)7-16-5-1-2-10(14)12(16)17/h1-6H,7H2. The molecule has 0 amide bonds. The molecular weight excluding hydrogens is 369 g/mol. The summed E-state index contributed by atoms with van der Waals surface area (Å²) in [6.07, 6.45) is 1.74. The molecule has 1 heterocycles. The maximum Gasteiger partial charge on any atom is 0.265 e. The second-order valence-electron chi connectivity index (χ2n) is 3.52. The summed E-state index contributed by atoms with van der Waals surface area (Å²) in [5, 5.41) is 0.645. The van der Waals surface area contributed by atoms with Gasteiger partial charge in [-0.1, -0.05) is 33.6 Å². The first-order valence-electron chi connectivity index (χ1n) is 4.87. The van der Waals surface area contributed by atoms with Gasteiger partial charge < -0.3 is 4.57 Å². The van der Waals surface area contributed by atoms with E-state index in [0.717, 1.165) is 10.0 Å². The molecule has 88 valence electrons. The molecule has 5 heteroatoms. The fraction of sp³-hybridized carbons (Fsp3) is 0.0833. The molecule has 0 fully saturated rings. The Morgan fingerprint density at radius 3 is 2.71 bits per heavy atom. The van der Waals surface area contributed by atoms with Crippen molar-refractivity contribution in [1.29, 1.82) is 0 Å². The molecule has 0 saturated carbocycles. The Morgan fingerprint density at radius 2 is 2.00 bits per heavy atom. The quantitative estimate of drug-likeness (QED) is 0.773. The van der Waals surface area contributed by atoms with Crippen LogP contribution in [0.5, 0.6) is 0 Å². The molecule has 0 bridgehead atoms. The Bertz CT molecular complexity index is 610. The summed E-state index contributed by atoms with van der Waals surface area (Å²) in [5.41, 5.74) is 0.849. The Labute approximate surface area is 120 Å². The summed E-state index contributed by atoms with van der Waals surface area (Å²) >= 11 is 12.7. The Kier molecular flexibility index (Phi) is 4.07. The predicted octanol–water partition coefficient (Wildman–Crippen LogP) is 4.08. The smallest absolute Gasteiger partial charge is 0.265 e. The average molecular weight is 377 g/mol. The number of pyridine rings is 1. The van der Waals surface area contributed by atoms with Gasteiger partial charge in [0.25, 0.3) is 5.56 Å². The summed E-state index contributed by atoms with van der Waals surface area (Å²) in [7, 11) is 0. The highest BCUT2D eigenvalue weighted by molar-refractivity contribution is 9.10. The molecule has 1 aromatic carbocycles. The minimum atomic E-state index is -0.0634. The molecule has 0 spiro atoms. The maximum absolute atomic E-state index is 11.8. The van der Waals surface area contributed by atoms with Crippen LogP contribution in [0.15, 0.2) is 50.3 Å². The van der Waals surface area contributed by atoms with Crippen LogP contribution in [0.4, 0.5) is 0 Å². The molecule has 17 heavy (non-hydrogen) atoms. The van der Waals surface area contributed by atoms with Crippen molar-refractivity contribution >= 4 is 43.5 Å². The van der Waals surface area contributed by atoms with Gasteiger partial charge in [-0.25, -0.2) is 0 Å². The van der Waals surface area contributed by atoms with Crippen LogP contribution in [0.1, 0.15) is 5.56 Å². The molecular formula is C12H8Br2ClNO. The van der Waals surface area contributed by atoms with E-state index < -0.39 is 0 Å². The lowest BCUT2D eigenvalue weighted by Crippen LogP contribution is -2.20. The molecule has 2 aromatic rings. The van der Waals surface area contributed by atoms with Gasteiger partial charge >= 0.3 is 0 Å². The van der Waals surface area contributed by atoms with Crippen molar-refractivity contribution in [3.63, 3.8) is 0 Å². The van der Waals surface area contributed by atoms with E-state index in [-0.39, 0.29) is 5.56 Å². The first kappa shape index (κ1) is 12.9. The van der Waals surface area contributed by atoms with Crippen molar-refractivity contribution in [2.24, 2.45) is 0 Å². The first-order chi connectivity index (χ1) is 8.08. The van der Waals surface area contributed by atoms with Crippen LogP contribution < -0.4 is 5.56 Å². The van der Waals surface area contributed by atoms with E-state index in [2.05, 4.69) is 31.9 Å². The molecule has 0 aliphatic rings. The molecule has 0 aliphatic carbocycles. The van der Waals surface area contributed by atoms with E-state index in [9.17, 15) is 4.79 Å². The van der Waals surface area contributed by atoms with Crippen molar-refractivity contribution < 1.29 is 0 Å². The molecule has 0 aliphatic heterocycles. The molecule has 0 saturated heterocycles. The number of aromatic nitrogens is 1. The molecule has 2 nitrogen and oxygen atoms in total. The first-order valence-corrected chi connectivity index (χ1v) is 6.83. The zero-order valence-electron chi connectivity index (χ0n) is 8.66. The molecule has 2 rings (SSSR count). The summed E-state index contributed by atoms with van der Waals surface area (Å²) in [5.74, 6) is 0. The van der Waals surface area contributed by atoms with Gasteiger partial charge in [0.15, 0.2) is 0 Å². The largest absolute Gasteiger partial charge is 0.310 e. The monoisotopic (exact) mass is 375 g/mol. The minimum absolute atomic E-state index is 0.0634.